The van der Waals surface area contributed by atoms with Crippen molar-refractivity contribution < 1.29 is 19.4 Å². The Hall–Kier alpha value is -2.02. The van der Waals surface area contributed by atoms with E-state index in [2.05, 4.69) is 26.6 Å². The maximum atomic E-state index is 12.1. The number of nitrogens with one attached hydrogen (secondary N) is 2. The van der Waals surface area contributed by atoms with Crippen molar-refractivity contribution in [3.05, 3.63) is 39.5 Å². The summed E-state index contributed by atoms with van der Waals surface area (Å²) in [6.45, 7) is 3.58. The molecule has 7 heteroatoms. The highest BCUT2D eigenvalue weighted by atomic mass is 79.9. The van der Waals surface area contributed by atoms with Crippen LogP contribution in [0.15, 0.2) is 33.9 Å². The summed E-state index contributed by atoms with van der Waals surface area (Å²) in [5, 5.41) is 14.9. The molecule has 2 rings (SSSR count). The van der Waals surface area contributed by atoms with Crippen LogP contribution in [0.5, 0.6) is 5.75 Å². The lowest BCUT2D eigenvalue weighted by Crippen LogP contribution is -2.45. The molecule has 1 aliphatic heterocycles. The Bertz CT molecular complexity index is 627. The summed E-state index contributed by atoms with van der Waals surface area (Å²) in [6, 6.07) is 3.54. The van der Waals surface area contributed by atoms with Crippen LogP contribution in [0, 0.1) is 0 Å². The minimum Gasteiger partial charge on any atom is -0.508 e. The van der Waals surface area contributed by atoms with Crippen LogP contribution < -0.4 is 10.6 Å². The van der Waals surface area contributed by atoms with Gasteiger partial charge in [0.25, 0.3) is 0 Å². The summed E-state index contributed by atoms with van der Waals surface area (Å²) in [5.74, 6) is -0.468. The zero-order chi connectivity index (χ0) is 15.6. The third-order valence-corrected chi connectivity index (χ3v) is 3.78. The standard InChI is InChI=1S/C14H15BrN2O4/c1-3-21-13(19)11-7(2)16-14(20)17-12(11)9-6-8(18)4-5-10(9)15/h4-6,12,18H,3H2,1-2H3,(H2,16,17,20)/t12-/m0/s1. The van der Waals surface area contributed by atoms with Crippen molar-refractivity contribution in [2.45, 2.75) is 19.9 Å². The summed E-state index contributed by atoms with van der Waals surface area (Å²) in [7, 11) is 0. The molecule has 2 amide bonds. The van der Waals surface area contributed by atoms with Gasteiger partial charge in [-0.25, -0.2) is 9.59 Å². The number of carbonyl (C=O) groups is 2. The van der Waals surface area contributed by atoms with Crippen LogP contribution in [0.2, 0.25) is 0 Å². The lowest BCUT2D eigenvalue weighted by atomic mass is 9.95. The third-order valence-electron chi connectivity index (χ3n) is 3.06. The summed E-state index contributed by atoms with van der Waals surface area (Å²) < 4.78 is 5.71. The summed E-state index contributed by atoms with van der Waals surface area (Å²) in [4.78, 5) is 23.8. The largest absolute Gasteiger partial charge is 0.508 e. The van der Waals surface area contributed by atoms with Gasteiger partial charge in [0.15, 0.2) is 0 Å². The summed E-state index contributed by atoms with van der Waals surface area (Å²) >= 11 is 3.36. The number of phenolic OH excluding ortho intramolecular Hbond substituents is 1. The second kappa shape index (κ2) is 6.17. The van der Waals surface area contributed by atoms with E-state index in [4.69, 9.17) is 4.74 Å². The quantitative estimate of drug-likeness (QED) is 0.727. The molecular weight excluding hydrogens is 340 g/mol. The van der Waals surface area contributed by atoms with Gasteiger partial charge in [-0.1, -0.05) is 15.9 Å². The second-order valence-electron chi connectivity index (χ2n) is 4.50. The topological polar surface area (TPSA) is 87.7 Å². The van der Waals surface area contributed by atoms with Crippen molar-refractivity contribution in [1.29, 1.82) is 0 Å². The van der Waals surface area contributed by atoms with Gasteiger partial charge < -0.3 is 20.5 Å². The highest BCUT2D eigenvalue weighted by molar-refractivity contribution is 9.10. The molecule has 1 heterocycles. The van der Waals surface area contributed by atoms with Crippen LogP contribution in [0.4, 0.5) is 4.79 Å². The number of hydrogen-bond acceptors (Lipinski definition) is 4. The predicted molar refractivity (Wildman–Crippen MR) is 79.5 cm³/mol. The Morgan fingerprint density at radius 3 is 2.86 bits per heavy atom. The lowest BCUT2D eigenvalue weighted by Gasteiger charge is -2.28. The number of halogens is 1. The van der Waals surface area contributed by atoms with Gasteiger partial charge in [0, 0.05) is 10.2 Å². The highest BCUT2D eigenvalue weighted by Crippen LogP contribution is 2.34. The van der Waals surface area contributed by atoms with Crippen molar-refractivity contribution in [3.63, 3.8) is 0 Å². The van der Waals surface area contributed by atoms with Crippen LogP contribution in [0.3, 0.4) is 0 Å². The fourth-order valence-electron chi connectivity index (χ4n) is 2.16. The minimum absolute atomic E-state index is 0.0434. The molecule has 0 spiro atoms. The Morgan fingerprint density at radius 1 is 1.48 bits per heavy atom. The van der Waals surface area contributed by atoms with E-state index in [-0.39, 0.29) is 12.4 Å². The second-order valence-corrected chi connectivity index (χ2v) is 5.35. The van der Waals surface area contributed by atoms with E-state index in [9.17, 15) is 14.7 Å². The summed E-state index contributed by atoms with van der Waals surface area (Å²) in [6.07, 6.45) is 0. The smallest absolute Gasteiger partial charge is 0.338 e. The SMILES string of the molecule is CCOC(=O)C1=C(C)NC(=O)N[C@H]1c1cc(O)ccc1Br. The number of amides is 2. The molecule has 0 aromatic heterocycles. The number of esters is 1. The predicted octanol–water partition coefficient (Wildman–Crippen LogP) is 2.35. The fourth-order valence-corrected chi connectivity index (χ4v) is 2.63. The van der Waals surface area contributed by atoms with E-state index in [0.29, 0.717) is 21.3 Å². The average molecular weight is 355 g/mol. The van der Waals surface area contributed by atoms with Crippen molar-refractivity contribution in [1.82, 2.24) is 10.6 Å². The van der Waals surface area contributed by atoms with E-state index >= 15 is 0 Å². The first-order valence-corrected chi connectivity index (χ1v) is 7.17. The number of hydrogen-bond donors (Lipinski definition) is 3. The van der Waals surface area contributed by atoms with Crippen LogP contribution in [0.25, 0.3) is 0 Å². The van der Waals surface area contributed by atoms with Crippen molar-refractivity contribution in [2.24, 2.45) is 0 Å². The Morgan fingerprint density at radius 2 is 2.19 bits per heavy atom. The number of ether oxygens (including phenoxy) is 1. The van der Waals surface area contributed by atoms with Crippen molar-refractivity contribution >= 4 is 27.9 Å². The van der Waals surface area contributed by atoms with E-state index in [0.717, 1.165) is 0 Å². The number of benzene rings is 1. The molecule has 0 bridgehead atoms. The molecular formula is C14H15BrN2O4. The maximum absolute atomic E-state index is 12.1. The third kappa shape index (κ3) is 3.18. The molecule has 1 atom stereocenters. The molecule has 0 radical (unpaired) electrons. The van der Waals surface area contributed by atoms with Gasteiger partial charge >= 0.3 is 12.0 Å². The van der Waals surface area contributed by atoms with Crippen molar-refractivity contribution in [2.75, 3.05) is 6.61 Å². The zero-order valence-corrected chi connectivity index (χ0v) is 13.2. The molecule has 1 aromatic rings. The minimum atomic E-state index is -0.695. The Balaban J connectivity index is 2.52. The molecule has 1 aromatic carbocycles. The van der Waals surface area contributed by atoms with Gasteiger partial charge in [-0.05, 0) is 37.6 Å². The molecule has 0 saturated heterocycles. The fraction of sp³-hybridized carbons (Fsp3) is 0.286. The Kier molecular flexibility index (Phi) is 4.52. The molecule has 21 heavy (non-hydrogen) atoms. The van der Waals surface area contributed by atoms with Crippen LogP contribution in [0.1, 0.15) is 25.5 Å². The van der Waals surface area contributed by atoms with E-state index in [1.807, 2.05) is 0 Å². The molecule has 0 unspecified atom stereocenters. The van der Waals surface area contributed by atoms with Gasteiger partial charge in [0.05, 0.1) is 18.2 Å². The number of phenols is 1. The molecule has 0 aliphatic carbocycles. The van der Waals surface area contributed by atoms with Gasteiger partial charge in [-0.2, -0.15) is 0 Å². The molecule has 0 fully saturated rings. The highest BCUT2D eigenvalue weighted by Gasteiger charge is 2.33. The van der Waals surface area contributed by atoms with E-state index in [1.54, 1.807) is 19.9 Å². The van der Waals surface area contributed by atoms with E-state index in [1.165, 1.54) is 12.1 Å². The number of carbonyl (C=O) groups excluding carboxylic acids is 2. The number of rotatable bonds is 3. The molecule has 0 saturated carbocycles. The molecule has 112 valence electrons. The lowest BCUT2D eigenvalue weighted by molar-refractivity contribution is -0.139. The monoisotopic (exact) mass is 354 g/mol. The zero-order valence-electron chi connectivity index (χ0n) is 11.6. The van der Waals surface area contributed by atoms with Gasteiger partial charge in [0.1, 0.15) is 5.75 Å². The number of aromatic hydroxyl groups is 1. The van der Waals surface area contributed by atoms with E-state index < -0.39 is 18.0 Å². The van der Waals surface area contributed by atoms with Gasteiger partial charge in [-0.3, -0.25) is 0 Å². The van der Waals surface area contributed by atoms with Crippen LogP contribution >= 0.6 is 15.9 Å². The molecule has 3 N–H and O–H groups in total. The maximum Gasteiger partial charge on any atom is 0.338 e. The number of urea groups is 1. The normalized spacial score (nSPS) is 18.0. The van der Waals surface area contributed by atoms with Gasteiger partial charge in [0.2, 0.25) is 0 Å². The number of allylic oxidation sites excluding steroid dienone is 1. The average Bonchev–Trinajstić information content (AvgIpc) is 2.40. The first kappa shape index (κ1) is 15.4. The van der Waals surface area contributed by atoms with Crippen LogP contribution in [-0.4, -0.2) is 23.7 Å². The Labute approximate surface area is 130 Å². The molecule has 1 aliphatic rings. The van der Waals surface area contributed by atoms with Crippen LogP contribution in [-0.2, 0) is 9.53 Å². The van der Waals surface area contributed by atoms with Gasteiger partial charge in [-0.15, -0.1) is 0 Å². The first-order chi connectivity index (χ1) is 9.93. The first-order valence-electron chi connectivity index (χ1n) is 6.37. The summed E-state index contributed by atoms with van der Waals surface area (Å²) in [5.41, 5.74) is 1.31. The van der Waals surface area contributed by atoms with Crippen molar-refractivity contribution in [3.8, 4) is 5.75 Å². The molecule has 6 nitrogen and oxygen atoms in total.